The molecule has 2 aromatic heterocycles. The average Bonchev–Trinajstić information content (AvgIpc) is 3.03. The van der Waals surface area contributed by atoms with Crippen molar-refractivity contribution in [1.29, 1.82) is 0 Å². The molecule has 12 nitrogen and oxygen atoms in total. The van der Waals surface area contributed by atoms with E-state index >= 15 is 0 Å². The number of hydrogen-bond acceptors (Lipinski definition) is 8. The van der Waals surface area contributed by atoms with Gasteiger partial charge in [0.15, 0.2) is 11.9 Å². The zero-order valence-electron chi connectivity index (χ0n) is 11.6. The number of azide groups is 1. The van der Waals surface area contributed by atoms with Gasteiger partial charge < -0.3 is 30.4 Å². The maximum Gasteiger partial charge on any atom is 0.261 e. The van der Waals surface area contributed by atoms with Crippen molar-refractivity contribution >= 4 is 17.0 Å². The number of nitrogen functional groups attached to an aromatic ring is 1. The molecule has 0 saturated carbocycles. The molecule has 4 atom stereocenters. The molecule has 0 bridgehead atoms. The zero-order chi connectivity index (χ0) is 16.8. The molecule has 0 aliphatic carbocycles. The Kier molecular flexibility index (Phi) is 3.47. The number of aromatic nitrogens is 3. The quantitative estimate of drug-likeness (QED) is 0.259. The first-order chi connectivity index (χ1) is 10.9. The number of rotatable bonds is 3. The number of ether oxygens (including phenoxy) is 1. The van der Waals surface area contributed by atoms with Gasteiger partial charge in [0.25, 0.3) is 5.56 Å². The third-order valence-corrected chi connectivity index (χ3v) is 3.72. The molecule has 1 fully saturated rings. The maximum atomic E-state index is 11.8. The molecule has 3 heterocycles. The van der Waals surface area contributed by atoms with E-state index in [2.05, 4.69) is 20.0 Å². The summed E-state index contributed by atoms with van der Waals surface area (Å²) in [6.45, 7) is -0.846. The molecule has 23 heavy (non-hydrogen) atoms. The molecular weight excluding hydrogens is 310 g/mol. The third kappa shape index (κ3) is 2.13. The lowest BCUT2D eigenvalue weighted by Gasteiger charge is -2.23. The Morgan fingerprint density at radius 3 is 3.00 bits per heavy atom. The standard InChI is InChI=1S/C11H13N7O5/c12-10-14-7-4(8(22)15-10)1-2-18(7)9-5(20)6(21)11(3-19,23-9)16-17-13/h1-2,5-6,9,19-21H,3H2,(H3,12,14,15,22)/t5-,6+,9-,11-/m1/s1. The number of aliphatic hydroxyl groups is 3. The van der Waals surface area contributed by atoms with Crippen molar-refractivity contribution in [3.63, 3.8) is 0 Å². The minimum atomic E-state index is -2.04. The van der Waals surface area contributed by atoms with Crippen LogP contribution in [0.5, 0.6) is 0 Å². The van der Waals surface area contributed by atoms with Gasteiger partial charge in [0.1, 0.15) is 12.2 Å². The highest BCUT2D eigenvalue weighted by Crippen LogP contribution is 2.39. The second-order valence-corrected chi connectivity index (χ2v) is 5.05. The van der Waals surface area contributed by atoms with E-state index < -0.39 is 36.3 Å². The van der Waals surface area contributed by atoms with E-state index in [1.807, 2.05) is 0 Å². The van der Waals surface area contributed by atoms with Gasteiger partial charge in [-0.3, -0.25) is 9.78 Å². The van der Waals surface area contributed by atoms with Crippen LogP contribution in [0.4, 0.5) is 5.95 Å². The number of aliphatic hydroxyl groups excluding tert-OH is 3. The summed E-state index contributed by atoms with van der Waals surface area (Å²) in [5, 5.41) is 33.1. The number of nitrogens with one attached hydrogen (secondary N) is 1. The van der Waals surface area contributed by atoms with Gasteiger partial charge in [0.2, 0.25) is 11.7 Å². The molecule has 0 radical (unpaired) electrons. The van der Waals surface area contributed by atoms with Crippen LogP contribution in [0.3, 0.4) is 0 Å². The van der Waals surface area contributed by atoms with Gasteiger partial charge in [0, 0.05) is 11.1 Å². The van der Waals surface area contributed by atoms with Crippen molar-refractivity contribution < 1.29 is 20.1 Å². The summed E-state index contributed by atoms with van der Waals surface area (Å²) >= 11 is 0. The third-order valence-electron chi connectivity index (χ3n) is 3.72. The molecule has 1 saturated heterocycles. The van der Waals surface area contributed by atoms with Crippen molar-refractivity contribution in [2.75, 3.05) is 12.3 Å². The minimum Gasteiger partial charge on any atom is -0.393 e. The van der Waals surface area contributed by atoms with Crippen LogP contribution in [0.15, 0.2) is 22.2 Å². The predicted octanol–water partition coefficient (Wildman–Crippen LogP) is -1.44. The fraction of sp³-hybridized carbons (Fsp3) is 0.455. The molecule has 1 aliphatic heterocycles. The Hall–Kier alpha value is -2.63. The van der Waals surface area contributed by atoms with Crippen LogP contribution in [0.2, 0.25) is 0 Å². The van der Waals surface area contributed by atoms with E-state index in [0.29, 0.717) is 0 Å². The van der Waals surface area contributed by atoms with E-state index in [1.165, 1.54) is 16.8 Å². The lowest BCUT2D eigenvalue weighted by molar-refractivity contribution is -0.123. The normalized spacial score (nSPS) is 30.5. The summed E-state index contributed by atoms with van der Waals surface area (Å²) in [4.78, 5) is 20.6. The Bertz CT molecular complexity index is 856. The molecule has 6 N–H and O–H groups in total. The first-order valence-electron chi connectivity index (χ1n) is 6.51. The summed E-state index contributed by atoms with van der Waals surface area (Å²) < 4.78 is 6.66. The van der Waals surface area contributed by atoms with E-state index in [-0.39, 0.29) is 17.0 Å². The summed E-state index contributed by atoms with van der Waals surface area (Å²) in [5.41, 5.74) is 11.7. The molecule has 3 rings (SSSR count). The molecule has 0 aromatic carbocycles. The minimum absolute atomic E-state index is 0.108. The molecular formula is C11H13N7O5. The Morgan fingerprint density at radius 2 is 2.35 bits per heavy atom. The molecule has 0 unspecified atom stereocenters. The molecule has 0 amide bonds. The number of hydrogen-bond donors (Lipinski definition) is 5. The van der Waals surface area contributed by atoms with Crippen LogP contribution < -0.4 is 11.3 Å². The van der Waals surface area contributed by atoms with Crippen molar-refractivity contribution in [3.05, 3.63) is 33.1 Å². The lowest BCUT2D eigenvalue weighted by atomic mass is 10.1. The average molecular weight is 323 g/mol. The van der Waals surface area contributed by atoms with Crippen LogP contribution in [0.1, 0.15) is 6.23 Å². The van der Waals surface area contributed by atoms with Gasteiger partial charge in [-0.05, 0) is 11.6 Å². The van der Waals surface area contributed by atoms with Gasteiger partial charge in [-0.1, -0.05) is 5.11 Å². The van der Waals surface area contributed by atoms with E-state index in [0.717, 1.165) is 0 Å². The second-order valence-electron chi connectivity index (χ2n) is 5.05. The van der Waals surface area contributed by atoms with Gasteiger partial charge in [0.05, 0.1) is 12.0 Å². The Morgan fingerprint density at radius 1 is 1.61 bits per heavy atom. The molecule has 122 valence electrons. The van der Waals surface area contributed by atoms with Crippen molar-refractivity contribution in [3.8, 4) is 0 Å². The molecule has 12 heteroatoms. The molecule has 1 aliphatic rings. The first-order valence-corrected chi connectivity index (χ1v) is 6.51. The smallest absolute Gasteiger partial charge is 0.261 e. The predicted molar refractivity (Wildman–Crippen MR) is 75.9 cm³/mol. The number of aromatic amines is 1. The van der Waals surface area contributed by atoms with Gasteiger partial charge in [-0.15, -0.1) is 0 Å². The fourth-order valence-corrected chi connectivity index (χ4v) is 2.58. The number of anilines is 1. The highest BCUT2D eigenvalue weighted by atomic mass is 16.6. The van der Waals surface area contributed by atoms with E-state index in [9.17, 15) is 20.1 Å². The zero-order valence-corrected chi connectivity index (χ0v) is 11.6. The number of nitrogens with zero attached hydrogens (tertiary/aromatic N) is 5. The number of H-pyrrole nitrogens is 1. The highest BCUT2D eigenvalue weighted by molar-refractivity contribution is 5.76. The van der Waals surface area contributed by atoms with Crippen molar-refractivity contribution in [1.82, 2.24) is 14.5 Å². The van der Waals surface area contributed by atoms with Gasteiger partial charge in [-0.25, -0.2) is 0 Å². The SMILES string of the molecule is [N-]=[N+]=N[C@]1(CO)O[C@@H](n2ccc3c(=O)[nH]c(N)nc32)[C@H](O)[C@@H]1O. The topological polar surface area (TPSA) is 195 Å². The van der Waals surface area contributed by atoms with Crippen molar-refractivity contribution in [2.24, 2.45) is 5.11 Å². The lowest BCUT2D eigenvalue weighted by Crippen LogP contribution is -2.44. The van der Waals surface area contributed by atoms with Gasteiger partial charge in [-0.2, -0.15) is 4.98 Å². The maximum absolute atomic E-state index is 11.8. The second kappa shape index (κ2) is 5.22. The molecule has 0 spiro atoms. The summed E-state index contributed by atoms with van der Waals surface area (Å²) in [6, 6.07) is 1.43. The highest BCUT2D eigenvalue weighted by Gasteiger charge is 2.54. The first kappa shape index (κ1) is 15.3. The van der Waals surface area contributed by atoms with Gasteiger partial charge >= 0.3 is 0 Å². The Labute approximate surface area is 127 Å². The monoisotopic (exact) mass is 323 g/mol. The summed E-state index contributed by atoms with van der Waals surface area (Å²) in [6.07, 6.45) is -3.05. The van der Waals surface area contributed by atoms with Crippen molar-refractivity contribution in [2.45, 2.75) is 24.2 Å². The largest absolute Gasteiger partial charge is 0.393 e. The van der Waals surface area contributed by atoms with Crippen LogP contribution in [-0.4, -0.2) is 54.4 Å². The van der Waals surface area contributed by atoms with Crippen LogP contribution in [-0.2, 0) is 4.74 Å². The van der Waals surface area contributed by atoms with Crippen LogP contribution >= 0.6 is 0 Å². The van der Waals surface area contributed by atoms with E-state index in [4.69, 9.17) is 16.0 Å². The summed E-state index contributed by atoms with van der Waals surface area (Å²) in [7, 11) is 0. The summed E-state index contributed by atoms with van der Waals surface area (Å²) in [5.74, 6) is -0.140. The molecule has 2 aromatic rings. The number of fused-ring (bicyclic) bond motifs is 1. The van der Waals surface area contributed by atoms with Crippen LogP contribution in [0.25, 0.3) is 21.5 Å². The Balaban J connectivity index is 2.13. The van der Waals surface area contributed by atoms with E-state index in [1.54, 1.807) is 0 Å². The fourth-order valence-electron chi connectivity index (χ4n) is 2.58. The van der Waals surface area contributed by atoms with Crippen LogP contribution in [0, 0.1) is 0 Å². The number of nitrogens with two attached hydrogens (primary N) is 1.